The Balaban J connectivity index is 3.29. The number of carboxylic acids is 1. The Bertz CT molecular complexity index is 379. The minimum absolute atomic E-state index is 0.190. The molecule has 0 aromatic carbocycles. The van der Waals surface area contributed by atoms with Gasteiger partial charge in [0.25, 0.3) is 5.78 Å². The van der Waals surface area contributed by atoms with Crippen LogP contribution in [0.5, 0.6) is 0 Å². The number of aliphatic carboxylic acids is 1. The van der Waals surface area contributed by atoms with Gasteiger partial charge in [0.15, 0.2) is 0 Å². The van der Waals surface area contributed by atoms with E-state index in [0.717, 1.165) is 0 Å². The maximum atomic E-state index is 11.1. The zero-order chi connectivity index (χ0) is 10.2. The molecule has 0 aliphatic carbocycles. The number of Topliss-reactive ketones (excluding diaryl/α,β-unsaturated/α-hetero) is 1. The summed E-state index contributed by atoms with van der Waals surface area (Å²) < 4.78 is 1.49. The molecule has 1 N–H and O–H groups in total. The van der Waals surface area contributed by atoms with E-state index in [4.69, 9.17) is 5.11 Å². The largest absolute Gasteiger partial charge is 0.475 e. The van der Waals surface area contributed by atoms with Crippen molar-refractivity contribution in [3.05, 3.63) is 17.0 Å². The van der Waals surface area contributed by atoms with Crippen LogP contribution >= 0.6 is 0 Å². The molecule has 13 heavy (non-hydrogen) atoms. The number of carboxylic acid groups (broad SMARTS) is 1. The van der Waals surface area contributed by atoms with Crippen LogP contribution in [0.4, 0.5) is 0 Å². The first-order valence-electron chi connectivity index (χ1n) is 3.73. The highest BCUT2D eigenvalue weighted by Crippen LogP contribution is 2.12. The number of aromatic nitrogens is 2. The van der Waals surface area contributed by atoms with Crippen LogP contribution in [0.3, 0.4) is 0 Å². The summed E-state index contributed by atoms with van der Waals surface area (Å²) in [5.41, 5.74) is 1.22. The number of nitrogens with zero attached hydrogens (tertiary/aromatic N) is 2. The van der Waals surface area contributed by atoms with Crippen LogP contribution in [0.25, 0.3) is 0 Å². The molecule has 0 spiro atoms. The number of carbonyl (C=O) groups excluding carboxylic acids is 1. The van der Waals surface area contributed by atoms with Gasteiger partial charge in [-0.1, -0.05) is 0 Å². The van der Waals surface area contributed by atoms with Crippen molar-refractivity contribution in [2.24, 2.45) is 7.05 Å². The first-order valence-corrected chi connectivity index (χ1v) is 3.73. The zero-order valence-electron chi connectivity index (χ0n) is 7.66. The van der Waals surface area contributed by atoms with Crippen molar-refractivity contribution in [1.82, 2.24) is 9.78 Å². The molecule has 0 saturated heterocycles. The third-order valence-electron chi connectivity index (χ3n) is 1.93. The van der Waals surface area contributed by atoms with Crippen LogP contribution in [-0.4, -0.2) is 26.6 Å². The molecule has 1 aromatic rings. The standard InChI is InChI=1S/C8H10N2O3/c1-4-6(7(11)8(12)13)5(2)10(3)9-4/h1-3H3,(H,12,13). The lowest BCUT2D eigenvalue weighted by Crippen LogP contribution is -2.14. The monoisotopic (exact) mass is 182 g/mol. The summed E-state index contributed by atoms with van der Waals surface area (Å²) in [6.07, 6.45) is 0. The molecule has 0 saturated carbocycles. The number of hydrogen-bond acceptors (Lipinski definition) is 3. The quantitative estimate of drug-likeness (QED) is 0.527. The van der Waals surface area contributed by atoms with E-state index in [0.29, 0.717) is 11.4 Å². The summed E-state index contributed by atoms with van der Waals surface area (Å²) in [5, 5.41) is 12.5. The highest BCUT2D eigenvalue weighted by atomic mass is 16.4. The Morgan fingerprint density at radius 2 is 1.92 bits per heavy atom. The average Bonchev–Trinajstić information content (AvgIpc) is 2.26. The van der Waals surface area contributed by atoms with E-state index in [1.807, 2.05) is 0 Å². The van der Waals surface area contributed by atoms with E-state index >= 15 is 0 Å². The minimum Gasteiger partial charge on any atom is -0.475 e. The Kier molecular flexibility index (Phi) is 2.18. The molecule has 0 unspecified atom stereocenters. The second kappa shape index (κ2) is 3.01. The Morgan fingerprint density at radius 3 is 2.23 bits per heavy atom. The van der Waals surface area contributed by atoms with Crippen molar-refractivity contribution < 1.29 is 14.7 Å². The summed E-state index contributed by atoms with van der Waals surface area (Å²) in [7, 11) is 1.67. The van der Waals surface area contributed by atoms with Crippen molar-refractivity contribution in [3.8, 4) is 0 Å². The molecule has 0 aliphatic rings. The van der Waals surface area contributed by atoms with Gasteiger partial charge in [0.1, 0.15) is 0 Å². The van der Waals surface area contributed by atoms with Gasteiger partial charge < -0.3 is 5.11 Å². The number of hydrogen-bond donors (Lipinski definition) is 1. The van der Waals surface area contributed by atoms with Crippen molar-refractivity contribution in [1.29, 1.82) is 0 Å². The number of ketones is 1. The molecular formula is C8H10N2O3. The van der Waals surface area contributed by atoms with Gasteiger partial charge in [0.05, 0.1) is 11.3 Å². The summed E-state index contributed by atoms with van der Waals surface area (Å²) in [5.74, 6) is -2.35. The highest BCUT2D eigenvalue weighted by Gasteiger charge is 2.22. The molecule has 0 amide bonds. The van der Waals surface area contributed by atoms with Crippen molar-refractivity contribution in [2.75, 3.05) is 0 Å². The average molecular weight is 182 g/mol. The predicted octanol–water partition coefficient (Wildman–Crippen LogP) is 0.304. The van der Waals surface area contributed by atoms with E-state index in [2.05, 4.69) is 5.10 Å². The zero-order valence-corrected chi connectivity index (χ0v) is 7.66. The van der Waals surface area contributed by atoms with E-state index < -0.39 is 11.8 Å². The summed E-state index contributed by atoms with van der Waals surface area (Å²) in [6, 6.07) is 0. The number of aryl methyl sites for hydroxylation is 2. The van der Waals surface area contributed by atoms with Crippen LogP contribution in [0, 0.1) is 13.8 Å². The first-order chi connectivity index (χ1) is 5.95. The third kappa shape index (κ3) is 1.44. The molecule has 0 fully saturated rings. The molecule has 0 radical (unpaired) electrons. The third-order valence-corrected chi connectivity index (χ3v) is 1.93. The van der Waals surface area contributed by atoms with Crippen molar-refractivity contribution in [3.63, 3.8) is 0 Å². The van der Waals surface area contributed by atoms with Crippen molar-refractivity contribution >= 4 is 11.8 Å². The van der Waals surface area contributed by atoms with Gasteiger partial charge in [0, 0.05) is 12.7 Å². The SMILES string of the molecule is Cc1nn(C)c(C)c1C(=O)C(=O)O. The van der Waals surface area contributed by atoms with Crippen LogP contribution < -0.4 is 0 Å². The van der Waals surface area contributed by atoms with Crippen LogP contribution in [0.1, 0.15) is 21.7 Å². The smallest absolute Gasteiger partial charge is 0.377 e. The van der Waals surface area contributed by atoms with E-state index in [1.165, 1.54) is 4.68 Å². The molecule has 5 nitrogen and oxygen atoms in total. The molecule has 1 heterocycles. The van der Waals surface area contributed by atoms with Gasteiger partial charge >= 0.3 is 5.97 Å². The Hall–Kier alpha value is -1.65. The van der Waals surface area contributed by atoms with Gasteiger partial charge in [-0.2, -0.15) is 5.10 Å². The maximum Gasteiger partial charge on any atom is 0.377 e. The fourth-order valence-electron chi connectivity index (χ4n) is 1.21. The first kappa shape index (κ1) is 9.44. The van der Waals surface area contributed by atoms with Crippen LogP contribution in [0.2, 0.25) is 0 Å². The van der Waals surface area contributed by atoms with Gasteiger partial charge in [-0.05, 0) is 13.8 Å². The van der Waals surface area contributed by atoms with E-state index in [-0.39, 0.29) is 5.56 Å². The number of rotatable bonds is 2. The van der Waals surface area contributed by atoms with Gasteiger partial charge in [0.2, 0.25) is 0 Å². The van der Waals surface area contributed by atoms with E-state index in [9.17, 15) is 9.59 Å². The molecular weight excluding hydrogens is 172 g/mol. The van der Waals surface area contributed by atoms with E-state index in [1.54, 1.807) is 20.9 Å². The van der Waals surface area contributed by atoms with Gasteiger partial charge in [-0.25, -0.2) is 4.79 Å². The molecule has 1 rings (SSSR count). The molecule has 5 heteroatoms. The Morgan fingerprint density at radius 1 is 1.38 bits per heavy atom. The summed E-state index contributed by atoms with van der Waals surface area (Å²) in [4.78, 5) is 21.6. The van der Waals surface area contributed by atoms with Crippen LogP contribution in [-0.2, 0) is 11.8 Å². The normalized spacial score (nSPS) is 10.1. The molecule has 70 valence electrons. The lowest BCUT2D eigenvalue weighted by atomic mass is 10.1. The predicted molar refractivity (Wildman–Crippen MR) is 44.6 cm³/mol. The molecule has 0 atom stereocenters. The highest BCUT2D eigenvalue weighted by molar-refractivity contribution is 6.40. The lowest BCUT2D eigenvalue weighted by molar-refractivity contribution is -0.131. The van der Waals surface area contributed by atoms with Gasteiger partial charge in [-0.3, -0.25) is 9.48 Å². The van der Waals surface area contributed by atoms with Crippen molar-refractivity contribution in [2.45, 2.75) is 13.8 Å². The minimum atomic E-state index is -1.45. The fraction of sp³-hybridized carbons (Fsp3) is 0.375. The topological polar surface area (TPSA) is 72.2 Å². The maximum absolute atomic E-state index is 11.1. The summed E-state index contributed by atoms with van der Waals surface area (Å²) >= 11 is 0. The molecule has 0 bridgehead atoms. The molecule has 1 aromatic heterocycles. The Labute approximate surface area is 75.0 Å². The summed E-state index contributed by atoms with van der Waals surface area (Å²) in [6.45, 7) is 3.28. The lowest BCUT2D eigenvalue weighted by Gasteiger charge is -1.95. The second-order valence-electron chi connectivity index (χ2n) is 2.80. The van der Waals surface area contributed by atoms with Gasteiger partial charge in [-0.15, -0.1) is 0 Å². The molecule has 0 aliphatic heterocycles. The second-order valence-corrected chi connectivity index (χ2v) is 2.80. The van der Waals surface area contributed by atoms with Crippen LogP contribution in [0.15, 0.2) is 0 Å². The fourth-order valence-corrected chi connectivity index (χ4v) is 1.21. The number of carbonyl (C=O) groups is 2.